The topological polar surface area (TPSA) is 78.9 Å². The van der Waals surface area contributed by atoms with Crippen molar-refractivity contribution in [1.82, 2.24) is 0 Å². The average Bonchev–Trinajstić information content (AvgIpc) is 3.24. The van der Waals surface area contributed by atoms with Gasteiger partial charge in [0.2, 0.25) is 0 Å². The lowest BCUT2D eigenvalue weighted by Crippen LogP contribution is -2.30. The molecule has 0 aliphatic rings. The van der Waals surface area contributed by atoms with E-state index in [0.29, 0.717) is 19.3 Å². The van der Waals surface area contributed by atoms with Gasteiger partial charge < -0.3 is 14.2 Å². The molecule has 0 spiro atoms. The van der Waals surface area contributed by atoms with Crippen molar-refractivity contribution in [3.8, 4) is 0 Å². The number of rotatable bonds is 50. The molecule has 0 aliphatic carbocycles. The second-order valence-electron chi connectivity index (χ2n) is 19.3. The van der Waals surface area contributed by atoms with E-state index in [2.05, 4.69) is 27.7 Å². The van der Waals surface area contributed by atoms with Crippen LogP contribution in [0.1, 0.15) is 310 Å². The van der Waals surface area contributed by atoms with Crippen molar-refractivity contribution in [3.63, 3.8) is 0 Å². The molecule has 0 radical (unpaired) electrons. The summed E-state index contributed by atoms with van der Waals surface area (Å²) >= 11 is 0. The smallest absolute Gasteiger partial charge is 0.306 e. The van der Waals surface area contributed by atoms with E-state index >= 15 is 0 Å². The summed E-state index contributed by atoms with van der Waals surface area (Å²) in [5, 5.41) is 0. The van der Waals surface area contributed by atoms with Crippen LogP contribution in [-0.4, -0.2) is 37.2 Å². The van der Waals surface area contributed by atoms with Crippen LogP contribution in [0.5, 0.6) is 0 Å². The van der Waals surface area contributed by atoms with Crippen molar-refractivity contribution >= 4 is 17.9 Å². The molecule has 362 valence electrons. The molecule has 0 rings (SSSR count). The Hall–Kier alpha value is -1.59. The Balaban J connectivity index is 4.23. The maximum Gasteiger partial charge on any atom is 0.306 e. The molecular weight excluding hydrogens is 757 g/mol. The fourth-order valence-corrected chi connectivity index (χ4v) is 8.39. The number of unbranched alkanes of at least 4 members (excludes halogenated alkanes) is 37. The lowest BCUT2D eigenvalue weighted by Gasteiger charge is -2.18. The molecule has 0 aromatic carbocycles. The van der Waals surface area contributed by atoms with E-state index in [9.17, 15) is 14.4 Å². The summed E-state index contributed by atoms with van der Waals surface area (Å²) in [7, 11) is 0. The fraction of sp³-hybridized carbons (Fsp3) is 0.945. The van der Waals surface area contributed by atoms with Crippen LogP contribution in [0.15, 0.2) is 0 Å². The first-order valence-electron chi connectivity index (χ1n) is 27.4. The minimum atomic E-state index is -0.760. The predicted molar refractivity (Wildman–Crippen MR) is 261 cm³/mol. The van der Waals surface area contributed by atoms with E-state index < -0.39 is 6.10 Å². The number of hydrogen-bond acceptors (Lipinski definition) is 6. The van der Waals surface area contributed by atoms with E-state index in [0.717, 1.165) is 63.7 Å². The highest BCUT2D eigenvalue weighted by Gasteiger charge is 2.19. The van der Waals surface area contributed by atoms with Crippen LogP contribution in [0, 0.1) is 5.92 Å². The molecule has 0 aliphatic heterocycles. The van der Waals surface area contributed by atoms with Crippen molar-refractivity contribution in [2.24, 2.45) is 5.92 Å². The summed E-state index contributed by atoms with van der Waals surface area (Å²) in [4.78, 5) is 37.9. The van der Waals surface area contributed by atoms with Gasteiger partial charge >= 0.3 is 17.9 Å². The highest BCUT2D eigenvalue weighted by atomic mass is 16.6. The molecular formula is C55H106O6. The molecule has 0 aromatic rings. The number of carbonyl (C=O) groups is 3. The van der Waals surface area contributed by atoms with E-state index in [1.54, 1.807) is 0 Å². The van der Waals surface area contributed by atoms with Gasteiger partial charge in [0.1, 0.15) is 13.2 Å². The maximum absolute atomic E-state index is 12.8. The number of carbonyl (C=O) groups excluding carboxylic acids is 3. The first-order chi connectivity index (χ1) is 29.9. The summed E-state index contributed by atoms with van der Waals surface area (Å²) in [6.07, 6.45) is 52.4. The van der Waals surface area contributed by atoms with Gasteiger partial charge in [-0.3, -0.25) is 14.4 Å². The summed E-state index contributed by atoms with van der Waals surface area (Å²) in [6.45, 7) is 9.03. The van der Waals surface area contributed by atoms with Gasteiger partial charge in [0.25, 0.3) is 0 Å². The minimum absolute atomic E-state index is 0.0624. The van der Waals surface area contributed by atoms with Gasteiger partial charge in [-0.05, 0) is 25.2 Å². The predicted octanol–water partition coefficient (Wildman–Crippen LogP) is 17.8. The van der Waals surface area contributed by atoms with Crippen molar-refractivity contribution < 1.29 is 28.6 Å². The molecule has 0 fully saturated rings. The second-order valence-corrected chi connectivity index (χ2v) is 19.3. The number of hydrogen-bond donors (Lipinski definition) is 0. The van der Waals surface area contributed by atoms with Gasteiger partial charge in [-0.2, -0.15) is 0 Å². The van der Waals surface area contributed by atoms with Crippen LogP contribution < -0.4 is 0 Å². The zero-order valence-electron chi connectivity index (χ0n) is 41.6. The van der Waals surface area contributed by atoms with Crippen molar-refractivity contribution in [1.29, 1.82) is 0 Å². The average molecular weight is 863 g/mol. The molecule has 0 aromatic heterocycles. The Bertz CT molecular complexity index is 918. The van der Waals surface area contributed by atoms with E-state index in [1.807, 2.05) is 0 Å². The van der Waals surface area contributed by atoms with Gasteiger partial charge in [0.05, 0.1) is 0 Å². The van der Waals surface area contributed by atoms with Crippen LogP contribution in [-0.2, 0) is 28.6 Å². The van der Waals surface area contributed by atoms with Gasteiger partial charge in [-0.1, -0.05) is 272 Å². The Morgan fingerprint density at radius 1 is 0.311 bits per heavy atom. The quantitative estimate of drug-likeness (QED) is 0.0344. The molecule has 0 N–H and O–H groups in total. The van der Waals surface area contributed by atoms with Crippen molar-refractivity contribution in [3.05, 3.63) is 0 Å². The summed E-state index contributed by atoms with van der Waals surface area (Å²) < 4.78 is 16.8. The lowest BCUT2D eigenvalue weighted by atomic mass is 10.0. The van der Waals surface area contributed by atoms with E-state index in [4.69, 9.17) is 14.2 Å². The third kappa shape index (κ3) is 49.3. The van der Waals surface area contributed by atoms with Crippen LogP contribution in [0.25, 0.3) is 0 Å². The van der Waals surface area contributed by atoms with Gasteiger partial charge in [0, 0.05) is 19.3 Å². The molecule has 61 heavy (non-hydrogen) atoms. The van der Waals surface area contributed by atoms with E-state index in [-0.39, 0.29) is 31.1 Å². The third-order valence-corrected chi connectivity index (χ3v) is 12.5. The summed E-state index contributed by atoms with van der Waals surface area (Å²) in [5.41, 5.74) is 0. The van der Waals surface area contributed by atoms with Crippen LogP contribution in [0.2, 0.25) is 0 Å². The zero-order chi connectivity index (χ0) is 44.5. The molecule has 1 atom stereocenters. The zero-order valence-corrected chi connectivity index (χ0v) is 41.6. The summed E-state index contributed by atoms with van der Waals surface area (Å²) in [6, 6.07) is 0. The SMILES string of the molecule is CCCCCCCCCCCCCCCCCCCCC(=O)OC[C@H](COC(=O)CCCCCCCCCCC)OC(=O)CCCCCCCCCCCCCCCC(C)C. The minimum Gasteiger partial charge on any atom is -0.462 e. The third-order valence-electron chi connectivity index (χ3n) is 12.5. The lowest BCUT2D eigenvalue weighted by molar-refractivity contribution is -0.167. The molecule has 0 unspecified atom stereocenters. The first-order valence-corrected chi connectivity index (χ1v) is 27.4. The monoisotopic (exact) mass is 863 g/mol. The number of ether oxygens (including phenoxy) is 3. The van der Waals surface area contributed by atoms with Crippen LogP contribution >= 0.6 is 0 Å². The van der Waals surface area contributed by atoms with Crippen LogP contribution in [0.3, 0.4) is 0 Å². The van der Waals surface area contributed by atoms with Crippen molar-refractivity contribution in [2.75, 3.05) is 13.2 Å². The molecule has 6 nitrogen and oxygen atoms in total. The standard InChI is InChI=1S/C55H106O6/c1-5-7-9-11-13-15-16-17-18-19-20-21-24-27-31-35-39-43-47-54(57)60-50-52(49-59-53(56)46-42-38-34-29-14-12-10-8-6-2)61-55(58)48-44-40-36-32-28-25-22-23-26-30-33-37-41-45-51(3)4/h51-52H,5-50H2,1-4H3/t52-/m0/s1. The molecule has 0 bridgehead atoms. The largest absolute Gasteiger partial charge is 0.462 e. The van der Waals surface area contributed by atoms with E-state index in [1.165, 1.54) is 205 Å². The number of esters is 3. The maximum atomic E-state index is 12.8. The van der Waals surface area contributed by atoms with Gasteiger partial charge in [-0.25, -0.2) is 0 Å². The Morgan fingerprint density at radius 3 is 0.803 bits per heavy atom. The van der Waals surface area contributed by atoms with Gasteiger partial charge in [0.15, 0.2) is 6.10 Å². The van der Waals surface area contributed by atoms with Crippen molar-refractivity contribution in [2.45, 2.75) is 316 Å². The highest BCUT2D eigenvalue weighted by molar-refractivity contribution is 5.71. The van der Waals surface area contributed by atoms with Gasteiger partial charge in [-0.15, -0.1) is 0 Å². The Labute approximate surface area is 380 Å². The fourth-order valence-electron chi connectivity index (χ4n) is 8.39. The Kier molecular flexibility index (Phi) is 48.1. The molecule has 6 heteroatoms. The normalized spacial score (nSPS) is 12.0. The molecule has 0 saturated carbocycles. The summed E-state index contributed by atoms with van der Waals surface area (Å²) in [5.74, 6) is -0.00485. The second kappa shape index (κ2) is 49.4. The Morgan fingerprint density at radius 2 is 0.541 bits per heavy atom. The molecule has 0 saturated heterocycles. The highest BCUT2D eigenvalue weighted by Crippen LogP contribution is 2.17. The molecule has 0 amide bonds. The molecule has 0 heterocycles. The van der Waals surface area contributed by atoms with Crippen LogP contribution in [0.4, 0.5) is 0 Å². The first kappa shape index (κ1) is 59.4.